The van der Waals surface area contributed by atoms with E-state index < -0.39 is 0 Å². The van der Waals surface area contributed by atoms with Gasteiger partial charge in [-0.25, -0.2) is 4.98 Å². The first-order chi connectivity index (χ1) is 17.2. The van der Waals surface area contributed by atoms with Gasteiger partial charge >= 0.3 is 0 Å². The van der Waals surface area contributed by atoms with Gasteiger partial charge < -0.3 is 13.6 Å². The van der Waals surface area contributed by atoms with Gasteiger partial charge in [-0.3, -0.25) is 9.69 Å². The van der Waals surface area contributed by atoms with Gasteiger partial charge in [-0.15, -0.1) is 12.4 Å². The van der Waals surface area contributed by atoms with Crippen LogP contribution in [0.4, 0.5) is 0 Å². The third-order valence-electron chi connectivity index (χ3n) is 6.52. The Bertz CT molecular complexity index is 1220. The highest BCUT2D eigenvalue weighted by Crippen LogP contribution is 2.27. The number of aromatic nitrogens is 1. The van der Waals surface area contributed by atoms with Gasteiger partial charge in [-0.1, -0.05) is 30.3 Å². The van der Waals surface area contributed by atoms with Crippen LogP contribution < -0.4 is 4.74 Å². The van der Waals surface area contributed by atoms with Gasteiger partial charge in [0.25, 0.3) is 5.89 Å². The zero-order valence-electron chi connectivity index (χ0n) is 20.2. The molecule has 2 aromatic heterocycles. The summed E-state index contributed by atoms with van der Waals surface area (Å²) in [5.74, 6) is 3.58. The van der Waals surface area contributed by atoms with Crippen LogP contribution in [0.2, 0.25) is 0 Å². The minimum atomic E-state index is -0.0437. The van der Waals surface area contributed by atoms with E-state index in [1.54, 1.807) is 24.6 Å². The molecule has 6 nitrogen and oxygen atoms in total. The van der Waals surface area contributed by atoms with Crippen LogP contribution in [0.5, 0.6) is 11.5 Å². The molecule has 0 unspecified atom stereocenters. The first-order valence-corrected chi connectivity index (χ1v) is 12.3. The monoisotopic (exact) mass is 506 g/mol. The molecule has 5 rings (SSSR count). The van der Waals surface area contributed by atoms with Crippen molar-refractivity contribution in [2.45, 2.75) is 38.6 Å². The summed E-state index contributed by atoms with van der Waals surface area (Å²) in [4.78, 5) is 19.1. The minimum Gasteiger partial charge on any atom is -0.461 e. The summed E-state index contributed by atoms with van der Waals surface area (Å²) in [7, 11) is 0. The van der Waals surface area contributed by atoms with Crippen molar-refractivity contribution in [2.24, 2.45) is 5.92 Å². The number of hydrogen-bond acceptors (Lipinski definition) is 6. The van der Waals surface area contributed by atoms with Gasteiger partial charge in [-0.05, 0) is 86.7 Å². The Morgan fingerprint density at radius 3 is 2.56 bits per heavy atom. The number of Topliss-reactive ketones (excluding diaryl/α,β-unsaturated/α-hetero) is 1. The molecule has 2 aromatic carbocycles. The van der Waals surface area contributed by atoms with Crippen LogP contribution in [0.15, 0.2) is 88.0 Å². The molecule has 0 radical (unpaired) electrons. The number of carbonyl (C=O) groups is 1. The summed E-state index contributed by atoms with van der Waals surface area (Å²) >= 11 is 0. The quantitative estimate of drug-likeness (QED) is 0.208. The lowest BCUT2D eigenvalue weighted by molar-refractivity contribution is 0.0941. The summed E-state index contributed by atoms with van der Waals surface area (Å²) < 4.78 is 16.8. The summed E-state index contributed by atoms with van der Waals surface area (Å²) in [5.41, 5.74) is 1.27. The van der Waals surface area contributed by atoms with Gasteiger partial charge in [-0.2, -0.15) is 0 Å². The third-order valence-corrected chi connectivity index (χ3v) is 6.52. The summed E-state index contributed by atoms with van der Waals surface area (Å²) in [6.45, 7) is 3.09. The molecule has 188 valence electrons. The highest BCUT2D eigenvalue weighted by Gasteiger charge is 2.21. The van der Waals surface area contributed by atoms with E-state index in [0.29, 0.717) is 23.9 Å². The fourth-order valence-electron chi connectivity index (χ4n) is 4.62. The molecular weight excluding hydrogens is 476 g/mol. The highest BCUT2D eigenvalue weighted by atomic mass is 35.5. The largest absolute Gasteiger partial charge is 0.461 e. The molecule has 0 bridgehead atoms. The number of ketones is 1. The van der Waals surface area contributed by atoms with E-state index in [1.807, 2.05) is 36.4 Å². The molecule has 7 heteroatoms. The van der Waals surface area contributed by atoms with Crippen LogP contribution in [0.1, 0.15) is 48.4 Å². The lowest BCUT2D eigenvalue weighted by Gasteiger charge is -2.32. The highest BCUT2D eigenvalue weighted by molar-refractivity contribution is 5.91. The van der Waals surface area contributed by atoms with Crippen molar-refractivity contribution in [3.05, 3.63) is 90.6 Å². The first-order valence-electron chi connectivity index (χ1n) is 12.3. The maximum atomic E-state index is 12.5. The van der Waals surface area contributed by atoms with Crippen LogP contribution in [-0.2, 0) is 6.54 Å². The number of oxazole rings is 1. The predicted octanol–water partition coefficient (Wildman–Crippen LogP) is 7.41. The number of benzene rings is 2. The van der Waals surface area contributed by atoms with Crippen molar-refractivity contribution in [1.82, 2.24) is 9.88 Å². The van der Waals surface area contributed by atoms with Crippen molar-refractivity contribution >= 4 is 18.2 Å². The Morgan fingerprint density at radius 1 is 0.972 bits per heavy atom. The van der Waals surface area contributed by atoms with E-state index in [0.717, 1.165) is 56.8 Å². The molecule has 0 atom stereocenters. The molecule has 1 saturated heterocycles. The lowest BCUT2D eigenvalue weighted by Crippen LogP contribution is -2.33. The fourth-order valence-corrected chi connectivity index (χ4v) is 4.62. The summed E-state index contributed by atoms with van der Waals surface area (Å²) in [6.07, 6.45) is 7.83. The first kappa shape index (κ1) is 25.7. The van der Waals surface area contributed by atoms with Crippen LogP contribution >= 0.6 is 12.4 Å². The second-order valence-electron chi connectivity index (χ2n) is 9.10. The normalized spacial score (nSPS) is 14.3. The molecule has 3 heterocycles. The minimum absolute atomic E-state index is 0. The van der Waals surface area contributed by atoms with Gasteiger partial charge in [0.1, 0.15) is 11.5 Å². The van der Waals surface area contributed by atoms with E-state index in [2.05, 4.69) is 28.1 Å². The van der Waals surface area contributed by atoms with E-state index in [1.165, 1.54) is 5.56 Å². The molecule has 0 aliphatic carbocycles. The average Bonchev–Trinajstić information content (AvgIpc) is 3.59. The second-order valence-corrected chi connectivity index (χ2v) is 9.10. The number of furan rings is 1. The van der Waals surface area contributed by atoms with Gasteiger partial charge in [0, 0.05) is 13.0 Å². The van der Waals surface area contributed by atoms with Crippen LogP contribution in [-0.4, -0.2) is 28.8 Å². The van der Waals surface area contributed by atoms with E-state index >= 15 is 0 Å². The Labute approximate surface area is 217 Å². The van der Waals surface area contributed by atoms with Crippen molar-refractivity contribution < 1.29 is 18.4 Å². The Hall–Kier alpha value is -3.35. The summed E-state index contributed by atoms with van der Waals surface area (Å²) in [5, 5.41) is 0. The van der Waals surface area contributed by atoms with Crippen molar-refractivity contribution in [2.75, 3.05) is 13.1 Å². The van der Waals surface area contributed by atoms with Gasteiger partial charge in [0.15, 0.2) is 11.5 Å². The van der Waals surface area contributed by atoms with Crippen molar-refractivity contribution in [3.63, 3.8) is 0 Å². The molecule has 1 aliphatic heterocycles. The van der Waals surface area contributed by atoms with Gasteiger partial charge in [0.2, 0.25) is 5.78 Å². The zero-order chi connectivity index (χ0) is 23.9. The third kappa shape index (κ3) is 6.86. The topological polar surface area (TPSA) is 68.7 Å². The number of carbonyl (C=O) groups excluding carboxylic acids is 1. The molecular formula is C29H31ClN2O4. The number of piperidine rings is 1. The maximum absolute atomic E-state index is 12.5. The second kappa shape index (κ2) is 12.6. The molecule has 0 spiro atoms. The van der Waals surface area contributed by atoms with Crippen molar-refractivity contribution in [3.8, 4) is 23.0 Å². The average molecular weight is 507 g/mol. The van der Waals surface area contributed by atoms with Crippen LogP contribution in [0.3, 0.4) is 0 Å². The number of para-hydroxylation sites is 1. The molecule has 0 amide bonds. The van der Waals surface area contributed by atoms with E-state index in [4.69, 9.17) is 13.6 Å². The zero-order valence-corrected chi connectivity index (χ0v) is 21.0. The molecule has 1 fully saturated rings. The Balaban J connectivity index is 0.00000304. The molecule has 4 aromatic rings. The maximum Gasteiger partial charge on any atom is 0.263 e. The number of hydrogen-bond donors (Lipinski definition) is 0. The molecule has 36 heavy (non-hydrogen) atoms. The molecule has 0 saturated carbocycles. The smallest absolute Gasteiger partial charge is 0.263 e. The van der Waals surface area contributed by atoms with E-state index in [9.17, 15) is 4.79 Å². The van der Waals surface area contributed by atoms with Gasteiger partial charge in [0.05, 0.1) is 12.5 Å². The lowest BCUT2D eigenvalue weighted by atomic mass is 9.91. The SMILES string of the molecule is Cl.O=C(CCCC1CCN(Cc2cccc(Oc3ccccc3)c2)CC1)c1ncc(-c2ccco2)o1. The number of likely N-dealkylation sites (tertiary alicyclic amines) is 1. The number of rotatable bonds is 10. The molecule has 0 N–H and O–H groups in total. The fraction of sp³-hybridized carbons (Fsp3) is 0.310. The summed E-state index contributed by atoms with van der Waals surface area (Å²) in [6, 6.07) is 21.8. The van der Waals surface area contributed by atoms with Crippen LogP contribution in [0.25, 0.3) is 11.5 Å². The standard InChI is InChI=1S/C29H30N2O4.ClH/c32-26(29-30-20-28(35-29)27-13-6-18-33-27)12-5-7-22-14-16-31(17-15-22)21-23-8-4-11-25(19-23)34-24-9-2-1-3-10-24;/h1-4,6,8-11,13,18-20,22H,5,7,12,14-17,21H2;1H. The molecule has 1 aliphatic rings. The number of halogens is 1. The predicted molar refractivity (Wildman–Crippen MR) is 141 cm³/mol. The number of nitrogens with zero attached hydrogens (tertiary/aromatic N) is 2. The van der Waals surface area contributed by atoms with E-state index in [-0.39, 0.29) is 24.1 Å². The number of ether oxygens (including phenoxy) is 1. The Kier molecular flexibility index (Phi) is 8.98. The van der Waals surface area contributed by atoms with Crippen molar-refractivity contribution in [1.29, 1.82) is 0 Å². The van der Waals surface area contributed by atoms with Crippen LogP contribution in [0, 0.1) is 5.92 Å². The Morgan fingerprint density at radius 2 is 1.78 bits per heavy atom.